The Morgan fingerprint density at radius 2 is 1.78 bits per heavy atom. The van der Waals surface area contributed by atoms with Gasteiger partial charge in [0.15, 0.2) is 0 Å². The maximum atomic E-state index is 11.1. The summed E-state index contributed by atoms with van der Waals surface area (Å²) < 4.78 is 0. The summed E-state index contributed by atoms with van der Waals surface area (Å²) in [4.78, 5) is 20.0. The minimum absolute atomic E-state index is 0.138. The van der Waals surface area contributed by atoms with Crippen molar-refractivity contribution in [2.75, 3.05) is 5.32 Å². The molecule has 0 spiro atoms. The highest BCUT2D eigenvalue weighted by Crippen LogP contribution is 2.26. The molecule has 1 heterocycles. The molecule has 1 atom stereocenters. The van der Waals surface area contributed by atoms with Gasteiger partial charge in [-0.3, -0.25) is 0 Å². The first-order chi connectivity index (χ1) is 11.1. The van der Waals surface area contributed by atoms with Gasteiger partial charge in [0, 0.05) is 17.8 Å². The second-order valence-electron chi connectivity index (χ2n) is 5.32. The van der Waals surface area contributed by atoms with Gasteiger partial charge in [-0.15, -0.1) is 0 Å². The van der Waals surface area contributed by atoms with E-state index in [2.05, 4.69) is 15.3 Å². The molecule has 0 saturated heterocycles. The number of carboxylic acid groups (broad SMARTS) is 1. The molecule has 5 heteroatoms. The van der Waals surface area contributed by atoms with Crippen LogP contribution in [-0.4, -0.2) is 15.9 Å². The van der Waals surface area contributed by atoms with E-state index in [1.54, 1.807) is 0 Å². The number of hydrogen-bond donors (Lipinski definition) is 1. The molecule has 0 aliphatic rings. The molecule has 1 N–H and O–H groups in total. The summed E-state index contributed by atoms with van der Waals surface area (Å²) in [6, 6.07) is 16.6. The molecule has 3 aromatic rings. The number of carbonyl (C=O) groups excluding carboxylic acids is 1. The first-order valence-corrected chi connectivity index (χ1v) is 7.38. The Morgan fingerprint density at radius 1 is 1.09 bits per heavy atom. The predicted octanol–water partition coefficient (Wildman–Crippen LogP) is 2.23. The number of carbonyl (C=O) groups is 1. The van der Waals surface area contributed by atoms with Crippen LogP contribution in [0.25, 0.3) is 10.9 Å². The quantitative estimate of drug-likeness (QED) is 0.782. The number of rotatable bonds is 5. The molecule has 0 aliphatic heterocycles. The lowest BCUT2D eigenvalue weighted by atomic mass is 10.0. The van der Waals surface area contributed by atoms with Crippen LogP contribution >= 0.6 is 0 Å². The van der Waals surface area contributed by atoms with E-state index in [9.17, 15) is 9.90 Å². The minimum atomic E-state index is -1.11. The van der Waals surface area contributed by atoms with Crippen LogP contribution in [0.1, 0.15) is 23.9 Å². The van der Waals surface area contributed by atoms with Gasteiger partial charge in [-0.1, -0.05) is 42.5 Å². The van der Waals surface area contributed by atoms with Gasteiger partial charge in [0.2, 0.25) is 0 Å². The van der Waals surface area contributed by atoms with Gasteiger partial charge < -0.3 is 15.2 Å². The molecular formula is C18H16N3O2-. The molecule has 3 rings (SSSR count). The Balaban J connectivity index is 2.02. The number of anilines is 1. The molecule has 0 aliphatic carbocycles. The van der Waals surface area contributed by atoms with Crippen molar-refractivity contribution in [1.82, 2.24) is 9.97 Å². The smallest absolute Gasteiger partial charge is 0.138 e. The fourth-order valence-electron chi connectivity index (χ4n) is 2.57. The van der Waals surface area contributed by atoms with Crippen LogP contribution < -0.4 is 10.4 Å². The second kappa shape index (κ2) is 6.44. The van der Waals surface area contributed by atoms with E-state index in [0.29, 0.717) is 11.6 Å². The average molecular weight is 306 g/mol. The summed E-state index contributed by atoms with van der Waals surface area (Å²) in [5.41, 5.74) is 1.69. The summed E-state index contributed by atoms with van der Waals surface area (Å²) in [6.45, 7) is 1.81. The van der Waals surface area contributed by atoms with Crippen molar-refractivity contribution >= 4 is 22.7 Å². The number of nitrogens with one attached hydrogen (secondary N) is 1. The first-order valence-electron chi connectivity index (χ1n) is 7.38. The first kappa shape index (κ1) is 15.0. The van der Waals surface area contributed by atoms with Crippen LogP contribution in [0.3, 0.4) is 0 Å². The van der Waals surface area contributed by atoms with E-state index in [1.807, 2.05) is 61.5 Å². The lowest BCUT2D eigenvalue weighted by molar-refractivity contribution is -0.306. The molecule has 0 unspecified atom stereocenters. The molecule has 2 aromatic carbocycles. The minimum Gasteiger partial charge on any atom is -0.550 e. The predicted molar refractivity (Wildman–Crippen MR) is 86.7 cm³/mol. The largest absolute Gasteiger partial charge is 0.550 e. The third-order valence-corrected chi connectivity index (χ3v) is 3.60. The second-order valence-corrected chi connectivity index (χ2v) is 5.32. The number of nitrogens with zero attached hydrogens (tertiary/aromatic N) is 2. The number of benzene rings is 2. The summed E-state index contributed by atoms with van der Waals surface area (Å²) in [7, 11) is 0. The van der Waals surface area contributed by atoms with Gasteiger partial charge in [0.05, 0.1) is 11.6 Å². The van der Waals surface area contributed by atoms with Crippen molar-refractivity contribution in [1.29, 1.82) is 0 Å². The molecule has 23 heavy (non-hydrogen) atoms. The number of aromatic nitrogens is 2. The van der Waals surface area contributed by atoms with Gasteiger partial charge in [0.1, 0.15) is 11.6 Å². The molecule has 1 aromatic heterocycles. The molecule has 0 amide bonds. The van der Waals surface area contributed by atoms with E-state index in [1.165, 1.54) is 0 Å². The third-order valence-electron chi connectivity index (χ3n) is 3.60. The Morgan fingerprint density at radius 3 is 2.52 bits per heavy atom. The Kier molecular flexibility index (Phi) is 4.19. The fourth-order valence-corrected chi connectivity index (χ4v) is 2.57. The van der Waals surface area contributed by atoms with E-state index in [4.69, 9.17) is 0 Å². The van der Waals surface area contributed by atoms with E-state index < -0.39 is 12.0 Å². The van der Waals surface area contributed by atoms with Crippen molar-refractivity contribution in [2.24, 2.45) is 0 Å². The zero-order chi connectivity index (χ0) is 16.2. The van der Waals surface area contributed by atoms with Crippen LogP contribution in [0.2, 0.25) is 0 Å². The van der Waals surface area contributed by atoms with Crippen LogP contribution in [0.15, 0.2) is 54.6 Å². The van der Waals surface area contributed by atoms with Crippen molar-refractivity contribution in [3.05, 3.63) is 66.0 Å². The number of fused-ring (bicyclic) bond motifs is 1. The summed E-state index contributed by atoms with van der Waals surface area (Å²) in [5, 5.41) is 15.2. The van der Waals surface area contributed by atoms with E-state index >= 15 is 0 Å². The van der Waals surface area contributed by atoms with E-state index in [-0.39, 0.29) is 6.42 Å². The van der Waals surface area contributed by atoms with Crippen LogP contribution in [0.4, 0.5) is 5.82 Å². The third kappa shape index (κ3) is 3.45. The maximum Gasteiger partial charge on any atom is 0.138 e. The number of para-hydroxylation sites is 1. The number of aryl methyl sites for hydroxylation is 1. The number of aliphatic carboxylic acids is 1. The summed E-state index contributed by atoms with van der Waals surface area (Å²) in [5.74, 6) is 0.149. The van der Waals surface area contributed by atoms with Crippen LogP contribution in [0.5, 0.6) is 0 Å². The monoisotopic (exact) mass is 306 g/mol. The van der Waals surface area contributed by atoms with E-state index in [0.717, 1.165) is 16.5 Å². The number of hydrogen-bond acceptors (Lipinski definition) is 5. The van der Waals surface area contributed by atoms with Crippen LogP contribution in [0, 0.1) is 6.92 Å². The Hall–Kier alpha value is -2.95. The highest BCUT2D eigenvalue weighted by atomic mass is 16.4. The standard InChI is InChI=1S/C18H17N3O2/c1-12-19-15-10-6-5-9-14(15)18(20-12)21-16(11-17(22)23)13-7-3-2-4-8-13/h2-10,16H,11H2,1H3,(H,22,23)(H,19,20,21)/p-1/t16-/m1/s1. The van der Waals surface area contributed by atoms with Gasteiger partial charge in [-0.05, 0) is 24.6 Å². The molecule has 0 radical (unpaired) electrons. The number of carboxylic acids is 1. The summed E-state index contributed by atoms with van der Waals surface area (Å²) in [6.07, 6.45) is -0.138. The van der Waals surface area contributed by atoms with Gasteiger partial charge in [-0.25, -0.2) is 9.97 Å². The maximum absolute atomic E-state index is 11.1. The van der Waals surface area contributed by atoms with Gasteiger partial charge in [0.25, 0.3) is 0 Å². The molecule has 116 valence electrons. The Labute approximate surface area is 134 Å². The lowest BCUT2D eigenvalue weighted by Crippen LogP contribution is -2.27. The highest BCUT2D eigenvalue weighted by molar-refractivity contribution is 5.89. The molecule has 0 fully saturated rings. The van der Waals surface area contributed by atoms with Crippen LogP contribution in [-0.2, 0) is 4.79 Å². The van der Waals surface area contributed by atoms with Crippen molar-refractivity contribution < 1.29 is 9.90 Å². The Bertz CT molecular complexity index is 834. The molecule has 5 nitrogen and oxygen atoms in total. The topological polar surface area (TPSA) is 77.9 Å². The van der Waals surface area contributed by atoms with Gasteiger partial charge in [-0.2, -0.15) is 0 Å². The highest BCUT2D eigenvalue weighted by Gasteiger charge is 2.14. The average Bonchev–Trinajstić information content (AvgIpc) is 2.54. The fraction of sp³-hybridized carbons (Fsp3) is 0.167. The zero-order valence-corrected chi connectivity index (χ0v) is 12.7. The molecular weight excluding hydrogens is 290 g/mol. The SMILES string of the molecule is Cc1nc(N[C@H](CC(=O)[O-])c2ccccc2)c2ccccc2n1. The zero-order valence-electron chi connectivity index (χ0n) is 12.7. The normalized spacial score (nSPS) is 12.0. The van der Waals surface area contributed by atoms with Crippen molar-refractivity contribution in [3.63, 3.8) is 0 Å². The molecule has 0 bridgehead atoms. The molecule has 0 saturated carbocycles. The van der Waals surface area contributed by atoms with Crippen molar-refractivity contribution in [3.8, 4) is 0 Å². The van der Waals surface area contributed by atoms with Gasteiger partial charge >= 0.3 is 0 Å². The van der Waals surface area contributed by atoms with Crippen molar-refractivity contribution in [2.45, 2.75) is 19.4 Å². The summed E-state index contributed by atoms with van der Waals surface area (Å²) >= 11 is 0. The lowest BCUT2D eigenvalue weighted by Gasteiger charge is -2.21.